The molecular formula is C23H27ClN4O2. The fraction of sp³-hybridized carbons (Fsp3) is 0.348. The molecule has 0 fully saturated rings. The largest absolute Gasteiger partial charge is 0.352 e. The molecule has 0 atom stereocenters. The summed E-state index contributed by atoms with van der Waals surface area (Å²) in [6.07, 6.45) is 2.18. The van der Waals surface area contributed by atoms with Crippen molar-refractivity contribution >= 4 is 40.0 Å². The molecule has 3 rings (SSSR count). The second-order valence-corrected chi connectivity index (χ2v) is 8.89. The molecule has 1 heterocycles. The van der Waals surface area contributed by atoms with Crippen LogP contribution in [0, 0.1) is 5.41 Å². The lowest BCUT2D eigenvalue weighted by Gasteiger charge is -2.17. The van der Waals surface area contributed by atoms with Crippen molar-refractivity contribution in [1.82, 2.24) is 15.1 Å². The number of aromatic nitrogens is 2. The Balaban J connectivity index is 1.76. The van der Waals surface area contributed by atoms with Crippen molar-refractivity contribution in [2.75, 3.05) is 5.32 Å². The van der Waals surface area contributed by atoms with E-state index in [1.54, 1.807) is 18.3 Å². The first kappa shape index (κ1) is 21.8. The Morgan fingerprint density at radius 1 is 1.17 bits per heavy atom. The maximum Gasteiger partial charge on any atom is 0.257 e. The number of hydrogen-bond donors (Lipinski definition) is 2. The van der Waals surface area contributed by atoms with Crippen molar-refractivity contribution in [3.05, 3.63) is 58.7 Å². The smallest absolute Gasteiger partial charge is 0.257 e. The number of rotatable bonds is 6. The maximum atomic E-state index is 12.9. The first-order valence-corrected chi connectivity index (χ1v) is 10.4. The molecule has 6 nitrogen and oxygen atoms in total. The molecular weight excluding hydrogens is 400 g/mol. The lowest BCUT2D eigenvalue weighted by atomic mass is 9.92. The quantitative estimate of drug-likeness (QED) is 0.581. The van der Waals surface area contributed by atoms with Crippen LogP contribution >= 0.6 is 11.6 Å². The zero-order valence-electron chi connectivity index (χ0n) is 17.8. The van der Waals surface area contributed by atoms with Gasteiger partial charge in [0.1, 0.15) is 0 Å². The highest BCUT2D eigenvalue weighted by Crippen LogP contribution is 2.25. The summed E-state index contributed by atoms with van der Waals surface area (Å²) in [5, 5.41) is 11.4. The first-order valence-electron chi connectivity index (χ1n) is 9.99. The van der Waals surface area contributed by atoms with Gasteiger partial charge in [0.25, 0.3) is 5.91 Å². The van der Waals surface area contributed by atoms with E-state index < -0.39 is 0 Å². The lowest BCUT2D eigenvalue weighted by molar-refractivity contribution is -0.122. The molecule has 0 saturated carbocycles. The molecule has 158 valence electrons. The third-order valence-electron chi connectivity index (χ3n) is 4.69. The van der Waals surface area contributed by atoms with Gasteiger partial charge in [-0.3, -0.25) is 14.3 Å². The van der Waals surface area contributed by atoms with Gasteiger partial charge < -0.3 is 10.6 Å². The standard InChI is InChI=1S/C23H27ClN4O2/c1-5-28-20-8-6-7-19(17(20)14-26-28)27-22(30)16-11-15(9-10-18(16)24)13-25-21(29)12-23(2,3)4/h6-11,14H,5,12-13H2,1-4H3,(H,25,29)(H,27,30). The van der Waals surface area contributed by atoms with Crippen LogP contribution in [0.25, 0.3) is 10.9 Å². The van der Waals surface area contributed by atoms with Gasteiger partial charge in [0.15, 0.2) is 0 Å². The van der Waals surface area contributed by atoms with Gasteiger partial charge in [0.2, 0.25) is 5.91 Å². The molecule has 0 bridgehead atoms. The van der Waals surface area contributed by atoms with Gasteiger partial charge in [-0.05, 0) is 42.2 Å². The van der Waals surface area contributed by atoms with Crippen molar-refractivity contribution < 1.29 is 9.59 Å². The summed E-state index contributed by atoms with van der Waals surface area (Å²) in [6, 6.07) is 10.9. The van der Waals surface area contributed by atoms with Gasteiger partial charge in [-0.2, -0.15) is 5.10 Å². The van der Waals surface area contributed by atoms with Gasteiger partial charge in [-0.25, -0.2) is 0 Å². The van der Waals surface area contributed by atoms with Crippen LogP contribution in [0.15, 0.2) is 42.6 Å². The predicted molar refractivity (Wildman–Crippen MR) is 121 cm³/mol. The van der Waals surface area contributed by atoms with E-state index in [-0.39, 0.29) is 17.2 Å². The minimum atomic E-state index is -0.306. The van der Waals surface area contributed by atoms with E-state index in [1.165, 1.54) is 0 Å². The van der Waals surface area contributed by atoms with Crippen molar-refractivity contribution in [1.29, 1.82) is 0 Å². The summed E-state index contributed by atoms with van der Waals surface area (Å²) in [7, 11) is 0. The van der Waals surface area contributed by atoms with Crippen LogP contribution in [0.2, 0.25) is 5.02 Å². The third kappa shape index (κ3) is 5.19. The SMILES string of the molecule is CCn1ncc2c(NC(=O)c3cc(CNC(=O)CC(C)(C)C)ccc3Cl)cccc21. The predicted octanol–water partition coefficient (Wildman–Crippen LogP) is 5.01. The lowest BCUT2D eigenvalue weighted by Crippen LogP contribution is -2.27. The molecule has 2 aromatic carbocycles. The monoisotopic (exact) mass is 426 g/mol. The van der Waals surface area contributed by atoms with E-state index in [0.717, 1.165) is 23.0 Å². The topological polar surface area (TPSA) is 76.0 Å². The number of nitrogens with zero attached hydrogens (tertiary/aromatic N) is 2. The van der Waals surface area contributed by atoms with E-state index in [9.17, 15) is 9.59 Å². The number of nitrogens with one attached hydrogen (secondary N) is 2. The highest BCUT2D eigenvalue weighted by Gasteiger charge is 2.17. The van der Waals surface area contributed by atoms with Crippen molar-refractivity contribution in [3.63, 3.8) is 0 Å². The number of fused-ring (bicyclic) bond motifs is 1. The number of carbonyl (C=O) groups is 2. The molecule has 0 aliphatic rings. The van der Waals surface area contributed by atoms with Crippen LogP contribution in [0.3, 0.4) is 0 Å². The van der Waals surface area contributed by atoms with E-state index in [1.807, 2.05) is 56.6 Å². The Morgan fingerprint density at radius 3 is 2.63 bits per heavy atom. The van der Waals surface area contributed by atoms with Gasteiger partial charge >= 0.3 is 0 Å². The summed E-state index contributed by atoms with van der Waals surface area (Å²) in [5.41, 5.74) is 2.72. The second kappa shape index (κ2) is 8.88. The number of carbonyl (C=O) groups excluding carboxylic acids is 2. The molecule has 7 heteroatoms. The molecule has 2 amide bonds. The highest BCUT2D eigenvalue weighted by molar-refractivity contribution is 6.34. The van der Waals surface area contributed by atoms with Crippen molar-refractivity contribution in [2.45, 2.75) is 47.2 Å². The van der Waals surface area contributed by atoms with Crippen molar-refractivity contribution in [3.8, 4) is 0 Å². The zero-order chi connectivity index (χ0) is 21.9. The first-order chi connectivity index (χ1) is 14.2. The molecule has 0 aliphatic heterocycles. The van der Waals surface area contributed by atoms with E-state index in [2.05, 4.69) is 15.7 Å². The summed E-state index contributed by atoms with van der Waals surface area (Å²) in [6.45, 7) is 9.15. The van der Waals surface area contributed by atoms with Crippen LogP contribution < -0.4 is 10.6 Å². The number of hydrogen-bond acceptors (Lipinski definition) is 3. The Morgan fingerprint density at radius 2 is 1.93 bits per heavy atom. The molecule has 0 aliphatic carbocycles. The maximum absolute atomic E-state index is 12.9. The fourth-order valence-electron chi connectivity index (χ4n) is 3.26. The normalized spacial score (nSPS) is 11.5. The fourth-order valence-corrected chi connectivity index (χ4v) is 3.46. The minimum Gasteiger partial charge on any atom is -0.352 e. The van der Waals surface area contributed by atoms with Gasteiger partial charge in [0, 0.05) is 24.9 Å². The molecule has 3 aromatic rings. The average Bonchev–Trinajstić information content (AvgIpc) is 3.10. The van der Waals surface area contributed by atoms with Gasteiger partial charge in [-0.15, -0.1) is 0 Å². The summed E-state index contributed by atoms with van der Waals surface area (Å²) >= 11 is 6.29. The summed E-state index contributed by atoms with van der Waals surface area (Å²) in [4.78, 5) is 25.0. The summed E-state index contributed by atoms with van der Waals surface area (Å²) in [5.74, 6) is -0.331. The number of halogens is 1. The van der Waals surface area contributed by atoms with Crippen LogP contribution in [0.4, 0.5) is 5.69 Å². The molecule has 0 unspecified atom stereocenters. The Labute approximate surface area is 181 Å². The van der Waals surface area contributed by atoms with E-state index in [0.29, 0.717) is 29.2 Å². The minimum absolute atomic E-state index is 0.0249. The van der Waals surface area contributed by atoms with Crippen molar-refractivity contribution in [2.24, 2.45) is 5.41 Å². The molecule has 30 heavy (non-hydrogen) atoms. The van der Waals surface area contributed by atoms with Crippen LogP contribution in [-0.2, 0) is 17.9 Å². The van der Waals surface area contributed by atoms with Crippen LogP contribution in [-0.4, -0.2) is 21.6 Å². The molecule has 0 saturated heterocycles. The van der Waals surface area contributed by atoms with Crippen LogP contribution in [0.5, 0.6) is 0 Å². The highest BCUT2D eigenvalue weighted by atomic mass is 35.5. The van der Waals surface area contributed by atoms with E-state index >= 15 is 0 Å². The Hall–Kier alpha value is -2.86. The van der Waals surface area contributed by atoms with Gasteiger partial charge in [0.05, 0.1) is 28.0 Å². The molecule has 0 radical (unpaired) electrons. The number of benzene rings is 2. The number of amides is 2. The molecule has 2 N–H and O–H groups in total. The van der Waals surface area contributed by atoms with Gasteiger partial charge in [-0.1, -0.05) is 44.5 Å². The average molecular weight is 427 g/mol. The number of anilines is 1. The van der Waals surface area contributed by atoms with E-state index in [4.69, 9.17) is 11.6 Å². The molecule has 1 aromatic heterocycles. The zero-order valence-corrected chi connectivity index (χ0v) is 18.5. The summed E-state index contributed by atoms with van der Waals surface area (Å²) < 4.78 is 1.87. The van der Waals surface area contributed by atoms with Crippen LogP contribution in [0.1, 0.15) is 50.0 Å². The Bertz CT molecular complexity index is 1080. The Kier molecular flexibility index (Phi) is 6.46. The molecule has 0 spiro atoms. The second-order valence-electron chi connectivity index (χ2n) is 8.48. The third-order valence-corrected chi connectivity index (χ3v) is 5.02. The number of aryl methyl sites for hydroxylation is 1.